The van der Waals surface area contributed by atoms with Gasteiger partial charge in [-0.05, 0) is 70.0 Å². The van der Waals surface area contributed by atoms with E-state index in [1.54, 1.807) is 0 Å². The molecule has 2 aromatic carbocycles. The van der Waals surface area contributed by atoms with Crippen LogP contribution in [0.25, 0.3) is 0 Å². The van der Waals surface area contributed by atoms with E-state index in [-0.39, 0.29) is 10.8 Å². The van der Waals surface area contributed by atoms with Gasteiger partial charge in [0.2, 0.25) is 0 Å². The van der Waals surface area contributed by atoms with Gasteiger partial charge in [0.15, 0.2) is 0 Å². The van der Waals surface area contributed by atoms with E-state index in [9.17, 15) is 0 Å². The van der Waals surface area contributed by atoms with Gasteiger partial charge < -0.3 is 19.3 Å². The Morgan fingerprint density at radius 3 is 1.33 bits per heavy atom. The first-order valence-corrected chi connectivity index (χ1v) is 12.1. The summed E-state index contributed by atoms with van der Waals surface area (Å²) >= 11 is 13.0. The van der Waals surface area contributed by atoms with Crippen LogP contribution in [0.3, 0.4) is 0 Å². The van der Waals surface area contributed by atoms with Gasteiger partial charge in [0.1, 0.15) is 11.5 Å². The zero-order valence-electron chi connectivity index (χ0n) is 21.5. The molecule has 6 heteroatoms. The lowest BCUT2D eigenvalue weighted by molar-refractivity contribution is 0.141. The summed E-state index contributed by atoms with van der Waals surface area (Å²) in [5.41, 5.74) is 2.29. The Hall–Kier alpha value is -1.46. The summed E-state index contributed by atoms with van der Waals surface area (Å²) in [6.07, 6.45) is 0.734. The molecule has 2 rings (SSSR count). The molecule has 0 unspecified atom stereocenters. The molecule has 0 heterocycles. The fraction of sp³-hybridized carbons (Fsp3) is 0.556. The van der Waals surface area contributed by atoms with Crippen molar-refractivity contribution in [2.75, 3.05) is 54.5 Å². The first-order chi connectivity index (χ1) is 15.3. The molecule has 0 saturated heterocycles. The van der Waals surface area contributed by atoms with Crippen molar-refractivity contribution in [1.29, 1.82) is 0 Å². The highest BCUT2D eigenvalue weighted by Gasteiger charge is 2.21. The topological polar surface area (TPSA) is 24.9 Å². The van der Waals surface area contributed by atoms with Crippen molar-refractivity contribution >= 4 is 23.2 Å². The minimum absolute atomic E-state index is 0.0355. The highest BCUT2D eigenvalue weighted by atomic mass is 35.5. The van der Waals surface area contributed by atoms with Gasteiger partial charge in [-0.25, -0.2) is 0 Å². The van der Waals surface area contributed by atoms with Crippen molar-refractivity contribution in [3.63, 3.8) is 0 Å². The van der Waals surface area contributed by atoms with Crippen LogP contribution in [-0.2, 0) is 6.42 Å². The average Bonchev–Trinajstić information content (AvgIpc) is 2.64. The van der Waals surface area contributed by atoms with E-state index in [4.69, 9.17) is 32.7 Å². The van der Waals surface area contributed by atoms with Crippen molar-refractivity contribution in [1.82, 2.24) is 9.80 Å². The van der Waals surface area contributed by atoms with Crippen LogP contribution in [0.5, 0.6) is 11.5 Å². The number of halogens is 2. The first kappa shape index (κ1) is 27.8. The quantitative estimate of drug-likeness (QED) is 0.335. The third kappa shape index (κ3) is 9.74. The molecule has 2 aromatic rings. The highest BCUT2D eigenvalue weighted by Crippen LogP contribution is 2.31. The maximum absolute atomic E-state index is 6.52. The molecule has 0 saturated carbocycles. The standard InChI is InChI=1S/C27H40Cl2N2O2/c1-26(2,16-30(5)6)18-32-24-11-9-20(14-22(24)28)13-21-10-12-25(23(29)15-21)33-19-27(3,4)17-31(7)8/h9-12,14-15H,13,16-19H2,1-8H3. The van der Waals surface area contributed by atoms with E-state index < -0.39 is 0 Å². The van der Waals surface area contributed by atoms with Gasteiger partial charge in [0.05, 0.1) is 23.3 Å². The summed E-state index contributed by atoms with van der Waals surface area (Å²) in [6.45, 7) is 11.8. The summed E-state index contributed by atoms with van der Waals surface area (Å²) in [5, 5.41) is 1.25. The van der Waals surface area contributed by atoms with E-state index in [1.165, 1.54) is 0 Å². The lowest BCUT2D eigenvalue weighted by Gasteiger charge is -2.28. The summed E-state index contributed by atoms with van der Waals surface area (Å²) in [4.78, 5) is 4.33. The Morgan fingerprint density at radius 2 is 1.03 bits per heavy atom. The van der Waals surface area contributed by atoms with E-state index in [2.05, 4.69) is 77.8 Å². The zero-order valence-corrected chi connectivity index (χ0v) is 23.0. The van der Waals surface area contributed by atoms with Crippen molar-refractivity contribution in [3.8, 4) is 11.5 Å². The lowest BCUT2D eigenvalue weighted by atomic mass is 9.94. The van der Waals surface area contributed by atoms with Crippen LogP contribution in [0.15, 0.2) is 36.4 Å². The van der Waals surface area contributed by atoms with E-state index in [1.807, 2.05) is 24.3 Å². The molecule has 0 bridgehead atoms. The van der Waals surface area contributed by atoms with Crippen LogP contribution in [0.1, 0.15) is 38.8 Å². The van der Waals surface area contributed by atoms with Gasteiger partial charge in [-0.3, -0.25) is 0 Å². The normalized spacial score (nSPS) is 12.5. The largest absolute Gasteiger partial charge is 0.491 e. The second-order valence-electron chi connectivity index (χ2n) is 11.1. The third-order valence-electron chi connectivity index (χ3n) is 5.13. The van der Waals surface area contributed by atoms with Crippen molar-refractivity contribution < 1.29 is 9.47 Å². The molecule has 0 aliphatic heterocycles. The predicted octanol–water partition coefficient (Wildman–Crippen LogP) is 6.52. The summed E-state index contributed by atoms with van der Waals surface area (Å²) in [6, 6.07) is 12.0. The first-order valence-electron chi connectivity index (χ1n) is 11.4. The molecular formula is C27H40Cl2N2O2. The molecule has 0 N–H and O–H groups in total. The molecule has 33 heavy (non-hydrogen) atoms. The molecule has 0 spiro atoms. The van der Waals surface area contributed by atoms with Gasteiger partial charge in [0, 0.05) is 23.9 Å². The molecule has 0 amide bonds. The number of hydrogen-bond donors (Lipinski definition) is 0. The number of benzene rings is 2. The van der Waals surface area contributed by atoms with Crippen molar-refractivity contribution in [2.45, 2.75) is 34.1 Å². The molecule has 0 aromatic heterocycles. The molecule has 0 fully saturated rings. The third-order valence-corrected chi connectivity index (χ3v) is 5.72. The van der Waals surface area contributed by atoms with Crippen LogP contribution < -0.4 is 9.47 Å². The van der Waals surface area contributed by atoms with Crippen LogP contribution >= 0.6 is 23.2 Å². The zero-order chi connectivity index (χ0) is 24.8. The second kappa shape index (κ2) is 11.8. The van der Waals surface area contributed by atoms with Gasteiger partial charge >= 0.3 is 0 Å². The maximum atomic E-state index is 6.52. The van der Waals surface area contributed by atoms with Crippen LogP contribution in [0.2, 0.25) is 10.0 Å². The number of ether oxygens (including phenoxy) is 2. The Labute approximate surface area is 210 Å². The summed E-state index contributed by atoms with van der Waals surface area (Å²) in [5.74, 6) is 1.43. The van der Waals surface area contributed by atoms with E-state index in [0.717, 1.165) is 42.1 Å². The molecule has 4 nitrogen and oxygen atoms in total. The van der Waals surface area contributed by atoms with E-state index >= 15 is 0 Å². The molecule has 0 radical (unpaired) electrons. The van der Waals surface area contributed by atoms with Crippen molar-refractivity contribution in [2.24, 2.45) is 10.8 Å². The SMILES string of the molecule is CN(C)CC(C)(C)COc1ccc(Cc2ccc(OCC(C)(C)CN(C)C)c(Cl)c2)cc1Cl. The molecule has 0 aliphatic carbocycles. The molecule has 0 atom stereocenters. The molecular weight excluding hydrogens is 455 g/mol. The van der Waals surface area contributed by atoms with Crippen LogP contribution in [0.4, 0.5) is 0 Å². The van der Waals surface area contributed by atoms with Gasteiger partial charge in [0.25, 0.3) is 0 Å². The fourth-order valence-electron chi connectivity index (χ4n) is 4.13. The van der Waals surface area contributed by atoms with Crippen LogP contribution in [-0.4, -0.2) is 64.3 Å². The summed E-state index contributed by atoms with van der Waals surface area (Å²) in [7, 11) is 8.28. The minimum atomic E-state index is 0.0355. The van der Waals surface area contributed by atoms with Crippen molar-refractivity contribution in [3.05, 3.63) is 57.6 Å². The maximum Gasteiger partial charge on any atom is 0.137 e. The Morgan fingerprint density at radius 1 is 0.667 bits per heavy atom. The average molecular weight is 496 g/mol. The Kier molecular flexibility index (Phi) is 9.93. The Balaban J connectivity index is 1.99. The number of rotatable bonds is 12. The lowest BCUT2D eigenvalue weighted by Crippen LogP contribution is -2.33. The predicted molar refractivity (Wildman–Crippen MR) is 141 cm³/mol. The fourth-order valence-corrected chi connectivity index (χ4v) is 4.64. The Bertz CT molecular complexity index is 837. The van der Waals surface area contributed by atoms with Gasteiger partial charge in [-0.15, -0.1) is 0 Å². The molecule has 184 valence electrons. The van der Waals surface area contributed by atoms with Crippen LogP contribution in [0, 0.1) is 10.8 Å². The minimum Gasteiger partial charge on any atom is -0.491 e. The second-order valence-corrected chi connectivity index (χ2v) is 11.9. The number of nitrogens with zero attached hydrogens (tertiary/aromatic N) is 2. The van der Waals surface area contributed by atoms with E-state index in [0.29, 0.717) is 23.3 Å². The smallest absolute Gasteiger partial charge is 0.137 e. The summed E-state index contributed by atoms with van der Waals surface area (Å²) < 4.78 is 12.0. The highest BCUT2D eigenvalue weighted by molar-refractivity contribution is 6.32. The molecule has 0 aliphatic rings. The van der Waals surface area contributed by atoms with Gasteiger partial charge in [-0.2, -0.15) is 0 Å². The monoisotopic (exact) mass is 494 g/mol. The number of hydrogen-bond acceptors (Lipinski definition) is 4. The van der Waals surface area contributed by atoms with Gasteiger partial charge in [-0.1, -0.05) is 63.0 Å².